The van der Waals surface area contributed by atoms with Crippen LogP contribution in [-0.2, 0) is 0 Å². The monoisotopic (exact) mass is 176 g/mol. The molecule has 0 aromatic carbocycles. The van der Waals surface area contributed by atoms with Crippen LogP contribution in [-0.4, -0.2) is 17.9 Å². The van der Waals surface area contributed by atoms with Crippen molar-refractivity contribution in [2.45, 2.75) is 0 Å². The van der Waals surface area contributed by atoms with E-state index in [-0.39, 0.29) is 5.91 Å². The van der Waals surface area contributed by atoms with Gasteiger partial charge >= 0.3 is 0 Å². The van der Waals surface area contributed by atoms with E-state index in [2.05, 4.69) is 10.3 Å². The first-order valence-electron chi connectivity index (χ1n) is 3.87. The first-order chi connectivity index (χ1) is 6.31. The van der Waals surface area contributed by atoms with E-state index in [9.17, 15) is 4.79 Å². The molecule has 2 aromatic heterocycles. The van der Waals surface area contributed by atoms with Gasteiger partial charge in [0.05, 0.1) is 6.20 Å². The average Bonchev–Trinajstić information content (AvgIpc) is 2.59. The lowest BCUT2D eigenvalue weighted by atomic mass is 10.3. The van der Waals surface area contributed by atoms with Crippen molar-refractivity contribution in [1.29, 1.82) is 0 Å². The predicted octanol–water partition coefficient (Wildman–Crippen LogP) is 1.19. The summed E-state index contributed by atoms with van der Waals surface area (Å²) < 4.78 is 5.25. The molecule has 1 amide bonds. The minimum atomic E-state index is -0.226. The van der Waals surface area contributed by atoms with Gasteiger partial charge in [-0.25, -0.2) is 0 Å². The Morgan fingerprint density at radius 3 is 3.15 bits per heavy atom. The molecule has 2 rings (SSSR count). The van der Waals surface area contributed by atoms with E-state index < -0.39 is 0 Å². The number of rotatable bonds is 1. The molecule has 0 unspecified atom stereocenters. The van der Waals surface area contributed by atoms with Gasteiger partial charge in [-0.15, -0.1) is 0 Å². The molecule has 0 saturated carbocycles. The van der Waals surface area contributed by atoms with Gasteiger partial charge in [0.25, 0.3) is 5.91 Å². The summed E-state index contributed by atoms with van der Waals surface area (Å²) in [5.74, 6) is 0.0849. The summed E-state index contributed by atoms with van der Waals surface area (Å²) in [5.41, 5.74) is 0.626. The van der Waals surface area contributed by atoms with Crippen LogP contribution in [0.4, 0.5) is 0 Å². The topological polar surface area (TPSA) is 55.1 Å². The van der Waals surface area contributed by atoms with Crippen LogP contribution >= 0.6 is 0 Å². The number of nitrogens with zero attached hydrogens (tertiary/aromatic N) is 1. The van der Waals surface area contributed by atoms with Crippen LogP contribution in [0.25, 0.3) is 11.0 Å². The highest BCUT2D eigenvalue weighted by Gasteiger charge is 2.09. The summed E-state index contributed by atoms with van der Waals surface area (Å²) in [6.07, 6.45) is 3.24. The second kappa shape index (κ2) is 2.90. The highest BCUT2D eigenvalue weighted by molar-refractivity contribution is 5.95. The van der Waals surface area contributed by atoms with Crippen LogP contribution in [0.3, 0.4) is 0 Å². The van der Waals surface area contributed by atoms with Crippen molar-refractivity contribution in [1.82, 2.24) is 10.3 Å². The molecule has 0 bridgehead atoms. The Labute approximate surface area is 74.6 Å². The predicted molar refractivity (Wildman–Crippen MR) is 47.4 cm³/mol. The van der Waals surface area contributed by atoms with Crippen molar-refractivity contribution in [3.05, 3.63) is 30.3 Å². The minimum Gasteiger partial charge on any atom is -0.449 e. The third-order valence-corrected chi connectivity index (χ3v) is 1.77. The largest absolute Gasteiger partial charge is 0.449 e. The maximum absolute atomic E-state index is 11.2. The van der Waals surface area contributed by atoms with Gasteiger partial charge in [0.1, 0.15) is 0 Å². The normalized spacial score (nSPS) is 10.2. The van der Waals surface area contributed by atoms with E-state index in [0.29, 0.717) is 11.3 Å². The molecule has 0 aliphatic rings. The van der Waals surface area contributed by atoms with E-state index in [1.54, 1.807) is 31.6 Å². The van der Waals surface area contributed by atoms with Gasteiger partial charge in [0.2, 0.25) is 0 Å². The highest BCUT2D eigenvalue weighted by Crippen LogP contribution is 2.17. The van der Waals surface area contributed by atoms with Crippen LogP contribution in [0, 0.1) is 0 Å². The van der Waals surface area contributed by atoms with E-state index in [1.807, 2.05) is 0 Å². The lowest BCUT2D eigenvalue weighted by molar-refractivity contribution is 0.0938. The average molecular weight is 176 g/mol. The van der Waals surface area contributed by atoms with Gasteiger partial charge in [-0.1, -0.05) is 0 Å². The number of furan rings is 1. The van der Waals surface area contributed by atoms with E-state index in [4.69, 9.17) is 4.42 Å². The lowest BCUT2D eigenvalue weighted by Crippen LogP contribution is -2.16. The van der Waals surface area contributed by atoms with Crippen molar-refractivity contribution in [3.63, 3.8) is 0 Å². The number of hydrogen-bond donors (Lipinski definition) is 1. The van der Waals surface area contributed by atoms with Gasteiger partial charge in [-0.2, -0.15) is 0 Å². The van der Waals surface area contributed by atoms with Gasteiger partial charge in [0, 0.05) is 18.6 Å². The summed E-state index contributed by atoms with van der Waals surface area (Å²) in [5, 5.41) is 3.37. The summed E-state index contributed by atoms with van der Waals surface area (Å²) in [4.78, 5) is 15.0. The summed E-state index contributed by atoms with van der Waals surface area (Å²) in [6.45, 7) is 0. The molecule has 0 aliphatic carbocycles. The Hall–Kier alpha value is -1.84. The fourth-order valence-corrected chi connectivity index (χ4v) is 1.12. The second-order valence-electron chi connectivity index (χ2n) is 2.60. The number of fused-ring (bicyclic) bond motifs is 1. The lowest BCUT2D eigenvalue weighted by Gasteiger charge is -1.90. The summed E-state index contributed by atoms with van der Waals surface area (Å²) in [6, 6.07) is 3.49. The van der Waals surface area contributed by atoms with Gasteiger partial charge in [-0.3, -0.25) is 9.78 Å². The third-order valence-electron chi connectivity index (χ3n) is 1.77. The molecule has 4 heteroatoms. The van der Waals surface area contributed by atoms with E-state index in [0.717, 1.165) is 5.39 Å². The molecule has 0 spiro atoms. The number of carbonyl (C=O) groups excluding carboxylic acids is 1. The molecule has 4 nitrogen and oxygen atoms in total. The smallest absolute Gasteiger partial charge is 0.286 e. The van der Waals surface area contributed by atoms with Gasteiger partial charge in [0.15, 0.2) is 11.3 Å². The van der Waals surface area contributed by atoms with Crippen LogP contribution < -0.4 is 5.32 Å². The highest BCUT2D eigenvalue weighted by atomic mass is 16.3. The van der Waals surface area contributed by atoms with Crippen LogP contribution in [0.1, 0.15) is 10.6 Å². The van der Waals surface area contributed by atoms with Crippen molar-refractivity contribution in [2.24, 2.45) is 0 Å². The summed E-state index contributed by atoms with van der Waals surface area (Å²) in [7, 11) is 1.56. The maximum atomic E-state index is 11.2. The minimum absolute atomic E-state index is 0.226. The maximum Gasteiger partial charge on any atom is 0.286 e. The second-order valence-corrected chi connectivity index (χ2v) is 2.60. The quantitative estimate of drug-likeness (QED) is 0.710. The Morgan fingerprint density at radius 2 is 2.46 bits per heavy atom. The van der Waals surface area contributed by atoms with Crippen LogP contribution in [0.5, 0.6) is 0 Å². The molecule has 0 aliphatic heterocycles. The Bertz CT molecular complexity index is 415. The van der Waals surface area contributed by atoms with Crippen molar-refractivity contribution in [2.75, 3.05) is 7.05 Å². The number of aromatic nitrogens is 1. The van der Waals surface area contributed by atoms with Crippen molar-refractivity contribution in [3.8, 4) is 0 Å². The first kappa shape index (κ1) is 7.79. The fraction of sp³-hybridized carbons (Fsp3) is 0.111. The molecular weight excluding hydrogens is 168 g/mol. The SMILES string of the molecule is CNC(=O)c1cc2ccncc2o1. The number of hydrogen-bond acceptors (Lipinski definition) is 3. The van der Waals surface area contributed by atoms with Crippen LogP contribution in [0.2, 0.25) is 0 Å². The molecule has 0 saturated heterocycles. The fourth-order valence-electron chi connectivity index (χ4n) is 1.12. The molecule has 1 N–H and O–H groups in total. The molecule has 66 valence electrons. The first-order valence-corrected chi connectivity index (χ1v) is 3.87. The Morgan fingerprint density at radius 1 is 1.62 bits per heavy atom. The van der Waals surface area contributed by atoms with Crippen molar-refractivity contribution < 1.29 is 9.21 Å². The number of pyridine rings is 1. The van der Waals surface area contributed by atoms with E-state index in [1.165, 1.54) is 0 Å². The molecule has 2 aromatic rings. The molecule has 0 radical (unpaired) electrons. The zero-order chi connectivity index (χ0) is 9.26. The molecule has 2 heterocycles. The Balaban J connectivity index is 2.56. The van der Waals surface area contributed by atoms with Crippen LogP contribution in [0.15, 0.2) is 28.9 Å². The van der Waals surface area contributed by atoms with Gasteiger partial charge in [-0.05, 0) is 12.1 Å². The molecule has 0 atom stereocenters. The Kier molecular flexibility index (Phi) is 1.73. The molecule has 13 heavy (non-hydrogen) atoms. The standard InChI is InChI=1S/C9H8N2O2/c1-10-9(12)7-4-6-2-3-11-5-8(6)13-7/h2-5H,1H3,(H,10,12). The van der Waals surface area contributed by atoms with Crippen molar-refractivity contribution >= 4 is 16.9 Å². The van der Waals surface area contributed by atoms with Gasteiger partial charge < -0.3 is 9.73 Å². The third kappa shape index (κ3) is 1.26. The molecule has 0 fully saturated rings. The zero-order valence-corrected chi connectivity index (χ0v) is 7.07. The van der Waals surface area contributed by atoms with E-state index >= 15 is 0 Å². The number of carbonyl (C=O) groups is 1. The zero-order valence-electron chi connectivity index (χ0n) is 7.07. The number of amides is 1. The molecular formula is C9H8N2O2. The summed E-state index contributed by atoms with van der Waals surface area (Å²) >= 11 is 0. The number of nitrogens with one attached hydrogen (secondary N) is 1.